The third-order valence-electron chi connectivity index (χ3n) is 7.10. The summed E-state index contributed by atoms with van der Waals surface area (Å²) in [5.41, 5.74) is 4.88. The fraction of sp³-hybridized carbons (Fsp3) is 0.750. The van der Waals surface area contributed by atoms with E-state index in [1.165, 1.54) is 96.3 Å². The van der Waals surface area contributed by atoms with E-state index in [9.17, 15) is 0 Å². The molecule has 140 valence electrons. The van der Waals surface area contributed by atoms with Crippen molar-refractivity contribution in [3.05, 3.63) is 34.9 Å². The van der Waals surface area contributed by atoms with Crippen LogP contribution < -0.4 is 17.0 Å². The van der Waals surface area contributed by atoms with Gasteiger partial charge in [0.2, 0.25) is 0 Å². The molecule has 3 aliphatic rings. The number of benzene rings is 1. The molecule has 0 amide bonds. The molecule has 0 N–H and O–H groups in total. The maximum absolute atomic E-state index is 3.96. The first-order valence-corrected chi connectivity index (χ1v) is 11.0. The van der Waals surface area contributed by atoms with Crippen LogP contribution in [-0.2, 0) is 0 Å². The van der Waals surface area contributed by atoms with Gasteiger partial charge in [0.25, 0.3) is 0 Å². The molecule has 0 unspecified atom stereocenters. The molecule has 3 aliphatic carbocycles. The van der Waals surface area contributed by atoms with Crippen LogP contribution in [-0.4, -0.2) is 23.1 Å². The first-order chi connectivity index (χ1) is 11.9. The predicted octanol–water partition coefficient (Wildman–Crippen LogP) is 4.25. The summed E-state index contributed by atoms with van der Waals surface area (Å²) in [5, 5.41) is 0. The van der Waals surface area contributed by atoms with Crippen molar-refractivity contribution in [2.45, 2.75) is 114 Å². The van der Waals surface area contributed by atoms with Crippen LogP contribution >= 0.6 is 0 Å². The van der Waals surface area contributed by atoms with Gasteiger partial charge in [0.1, 0.15) is 0 Å². The second-order valence-electron chi connectivity index (χ2n) is 8.83. The molecule has 2 heteroatoms. The van der Waals surface area contributed by atoms with Gasteiger partial charge >= 0.3 is 23.1 Å². The Labute approximate surface area is 188 Å². The fourth-order valence-corrected chi connectivity index (χ4v) is 5.58. The minimum Gasteiger partial charge on any atom is -1.00 e. The molecule has 26 heavy (non-hydrogen) atoms. The van der Waals surface area contributed by atoms with Crippen molar-refractivity contribution < 1.29 is 17.0 Å². The summed E-state index contributed by atoms with van der Waals surface area (Å²) in [5.74, 6) is 2.47. The summed E-state index contributed by atoms with van der Waals surface area (Å²) in [6, 6.07) is 9.15. The predicted molar refractivity (Wildman–Crippen MR) is 109 cm³/mol. The summed E-state index contributed by atoms with van der Waals surface area (Å²) in [4.78, 5) is 0. The molecule has 0 atom stereocenters. The quantitative estimate of drug-likeness (QED) is 0.500. The second-order valence-corrected chi connectivity index (χ2v) is 8.83. The summed E-state index contributed by atoms with van der Waals surface area (Å²) < 4.78 is 0. The van der Waals surface area contributed by atoms with Crippen LogP contribution in [0.4, 0.5) is 0 Å². The van der Waals surface area contributed by atoms with Crippen molar-refractivity contribution in [1.82, 2.24) is 0 Å². The van der Waals surface area contributed by atoms with Gasteiger partial charge in [-0.25, -0.2) is 0 Å². The maximum atomic E-state index is 3.96. The standard InChI is InChI=1S/C24H35.BrH.Mg/c1-4-10-19(11-5-1)22-16-23(20-12-6-2-7-13-20)18-24(17-22)21-14-8-3-9-15-21;;/h16-17,19-21H,1-15H2;1H;/q-1;;+2/p-1. The van der Waals surface area contributed by atoms with E-state index in [1.54, 1.807) is 16.7 Å². The molecule has 0 bridgehead atoms. The van der Waals surface area contributed by atoms with Gasteiger partial charge in [-0.3, -0.25) is 0 Å². The van der Waals surface area contributed by atoms with E-state index in [2.05, 4.69) is 18.2 Å². The number of rotatable bonds is 3. The van der Waals surface area contributed by atoms with Gasteiger partial charge in [0.15, 0.2) is 0 Å². The Morgan fingerprint density at radius 1 is 0.538 bits per heavy atom. The van der Waals surface area contributed by atoms with Crippen molar-refractivity contribution in [3.8, 4) is 0 Å². The van der Waals surface area contributed by atoms with E-state index in [0.717, 1.165) is 17.8 Å². The Morgan fingerprint density at radius 3 is 1.27 bits per heavy atom. The Morgan fingerprint density at radius 2 is 0.885 bits per heavy atom. The first-order valence-electron chi connectivity index (χ1n) is 11.0. The van der Waals surface area contributed by atoms with Gasteiger partial charge in [0.05, 0.1) is 0 Å². The van der Waals surface area contributed by atoms with Crippen molar-refractivity contribution in [2.24, 2.45) is 0 Å². The Hall–Kier alpha value is 0.466. The van der Waals surface area contributed by atoms with Crippen LogP contribution in [0.15, 0.2) is 12.1 Å². The minimum absolute atomic E-state index is 0. The Balaban J connectivity index is 0.00000121. The smallest absolute Gasteiger partial charge is 1.00 e. The van der Waals surface area contributed by atoms with Crippen LogP contribution in [0.5, 0.6) is 0 Å². The molecule has 1 aromatic rings. The number of hydrogen-bond acceptors (Lipinski definition) is 0. The maximum Gasteiger partial charge on any atom is 2.00 e. The molecule has 4 rings (SSSR count). The summed E-state index contributed by atoms with van der Waals surface area (Å²) >= 11 is 0. The molecule has 0 aliphatic heterocycles. The Bertz CT molecular complexity index is 434. The largest absolute Gasteiger partial charge is 2.00 e. The van der Waals surface area contributed by atoms with Crippen molar-refractivity contribution in [2.75, 3.05) is 0 Å². The van der Waals surface area contributed by atoms with Crippen LogP contribution in [0.1, 0.15) is 131 Å². The normalized spacial score (nSPS) is 23.1. The van der Waals surface area contributed by atoms with Gasteiger partial charge < -0.3 is 17.0 Å². The molecule has 0 heterocycles. The van der Waals surface area contributed by atoms with E-state index >= 15 is 0 Å². The molecule has 3 fully saturated rings. The van der Waals surface area contributed by atoms with Crippen LogP contribution in [0.2, 0.25) is 0 Å². The zero-order valence-corrected chi connectivity index (χ0v) is 19.6. The minimum atomic E-state index is 0. The van der Waals surface area contributed by atoms with Crippen molar-refractivity contribution in [3.63, 3.8) is 0 Å². The number of halogens is 1. The molecular formula is C24H35BrMg. The van der Waals surface area contributed by atoms with Crippen LogP contribution in [0, 0.1) is 6.07 Å². The SMILES string of the molecule is [Br-].[Mg+2].[c-]1c(C2CCCCC2)cc(C2CCCCC2)cc1C1CCCCC1. The average Bonchev–Trinajstić information content (AvgIpc) is 2.70. The first kappa shape index (κ1) is 22.8. The molecule has 0 aromatic heterocycles. The topological polar surface area (TPSA) is 0 Å². The molecule has 0 spiro atoms. The molecule has 1 aromatic carbocycles. The van der Waals surface area contributed by atoms with E-state index in [4.69, 9.17) is 0 Å². The summed E-state index contributed by atoms with van der Waals surface area (Å²) in [7, 11) is 0. The van der Waals surface area contributed by atoms with Crippen molar-refractivity contribution >= 4 is 23.1 Å². The van der Waals surface area contributed by atoms with E-state index in [-0.39, 0.29) is 40.0 Å². The number of hydrogen-bond donors (Lipinski definition) is 0. The van der Waals surface area contributed by atoms with Gasteiger partial charge in [-0.15, -0.1) is 0 Å². The zero-order chi connectivity index (χ0) is 16.2. The molecule has 0 nitrogen and oxygen atoms in total. The monoisotopic (exact) mass is 426 g/mol. The zero-order valence-electron chi connectivity index (χ0n) is 16.6. The molecule has 0 radical (unpaired) electrons. The van der Waals surface area contributed by atoms with E-state index < -0.39 is 0 Å². The second kappa shape index (κ2) is 11.5. The van der Waals surface area contributed by atoms with E-state index in [0.29, 0.717) is 0 Å². The third kappa shape index (κ3) is 5.74. The third-order valence-corrected chi connectivity index (χ3v) is 7.10. The molecule has 0 saturated heterocycles. The van der Waals surface area contributed by atoms with Crippen LogP contribution in [0.3, 0.4) is 0 Å². The van der Waals surface area contributed by atoms with Crippen molar-refractivity contribution in [1.29, 1.82) is 0 Å². The summed E-state index contributed by atoms with van der Waals surface area (Å²) in [6.45, 7) is 0. The Kier molecular flexibility index (Phi) is 10.0. The fourth-order valence-electron chi connectivity index (χ4n) is 5.58. The van der Waals surface area contributed by atoms with E-state index in [1.807, 2.05) is 0 Å². The van der Waals surface area contributed by atoms with Gasteiger partial charge in [-0.1, -0.05) is 57.8 Å². The molecule has 3 saturated carbocycles. The van der Waals surface area contributed by atoms with Gasteiger partial charge in [-0.05, 0) is 56.3 Å². The average molecular weight is 428 g/mol. The van der Waals surface area contributed by atoms with Gasteiger partial charge in [0, 0.05) is 0 Å². The molecular weight excluding hydrogens is 392 g/mol. The van der Waals surface area contributed by atoms with Crippen LogP contribution in [0.25, 0.3) is 0 Å². The summed E-state index contributed by atoms with van der Waals surface area (Å²) in [6.07, 6.45) is 21.5. The van der Waals surface area contributed by atoms with Gasteiger partial charge in [-0.2, -0.15) is 34.9 Å².